The minimum atomic E-state index is 0.395. The summed E-state index contributed by atoms with van der Waals surface area (Å²) in [7, 11) is 0. The van der Waals surface area contributed by atoms with Crippen molar-refractivity contribution in [3.05, 3.63) is 36.8 Å². The lowest BCUT2D eigenvalue weighted by atomic mass is 10.2. The lowest BCUT2D eigenvalue weighted by Gasteiger charge is -2.01. The maximum atomic E-state index is 5.21. The summed E-state index contributed by atoms with van der Waals surface area (Å²) < 4.78 is 0. The summed E-state index contributed by atoms with van der Waals surface area (Å²) in [4.78, 5) is 12.1. The van der Waals surface area contributed by atoms with Gasteiger partial charge in [-0.25, -0.2) is 15.8 Å². The molecule has 5 nitrogen and oxygen atoms in total. The van der Waals surface area contributed by atoms with Crippen LogP contribution in [-0.4, -0.2) is 15.0 Å². The highest BCUT2D eigenvalue weighted by Crippen LogP contribution is 2.14. The van der Waals surface area contributed by atoms with Crippen molar-refractivity contribution in [3.8, 4) is 11.3 Å². The van der Waals surface area contributed by atoms with Crippen LogP contribution >= 0.6 is 0 Å². The third-order valence-electron chi connectivity index (χ3n) is 1.74. The number of aromatic nitrogens is 3. The fourth-order valence-corrected chi connectivity index (χ4v) is 1.10. The number of hydrogen-bond acceptors (Lipinski definition) is 5. The van der Waals surface area contributed by atoms with E-state index in [1.807, 2.05) is 12.1 Å². The van der Waals surface area contributed by atoms with Crippen molar-refractivity contribution in [1.29, 1.82) is 0 Å². The lowest BCUT2D eigenvalue weighted by molar-refractivity contribution is 1.12. The molecule has 2 aromatic heterocycles. The predicted octanol–water partition coefficient (Wildman–Crippen LogP) is 0.824. The standard InChI is InChI=1S/C9H9N5/c10-14-9-12-5-3-8(13-9)7-2-1-4-11-6-7/h1-6H,10H2,(H,12,13,14). The predicted molar refractivity (Wildman–Crippen MR) is 53.1 cm³/mol. The molecule has 2 rings (SSSR count). The number of nitrogens with two attached hydrogens (primary N) is 1. The van der Waals surface area contributed by atoms with Crippen LogP contribution in [0, 0.1) is 0 Å². The van der Waals surface area contributed by atoms with Gasteiger partial charge in [0.25, 0.3) is 0 Å². The zero-order valence-corrected chi connectivity index (χ0v) is 7.38. The number of rotatable bonds is 2. The highest BCUT2D eigenvalue weighted by atomic mass is 15.3. The maximum absolute atomic E-state index is 5.21. The number of anilines is 1. The fourth-order valence-electron chi connectivity index (χ4n) is 1.10. The summed E-state index contributed by atoms with van der Waals surface area (Å²) in [6.45, 7) is 0. The van der Waals surface area contributed by atoms with Crippen LogP contribution in [0.2, 0.25) is 0 Å². The van der Waals surface area contributed by atoms with E-state index in [0.717, 1.165) is 11.3 Å². The first kappa shape index (κ1) is 8.58. The van der Waals surface area contributed by atoms with E-state index in [1.54, 1.807) is 24.7 Å². The summed E-state index contributed by atoms with van der Waals surface area (Å²) in [5, 5.41) is 0. The lowest BCUT2D eigenvalue weighted by Crippen LogP contribution is -2.10. The third kappa shape index (κ3) is 1.67. The van der Waals surface area contributed by atoms with Gasteiger partial charge in [0.15, 0.2) is 0 Å². The molecule has 0 amide bonds. The topological polar surface area (TPSA) is 76.7 Å². The molecule has 2 heterocycles. The van der Waals surface area contributed by atoms with Crippen LogP contribution in [0.15, 0.2) is 36.8 Å². The Hall–Kier alpha value is -2.01. The first-order valence-corrected chi connectivity index (χ1v) is 4.10. The number of hydrazine groups is 1. The molecule has 0 aliphatic heterocycles. The first-order valence-electron chi connectivity index (χ1n) is 4.10. The Labute approximate surface area is 81.0 Å². The molecule has 70 valence electrons. The van der Waals surface area contributed by atoms with Crippen molar-refractivity contribution in [1.82, 2.24) is 15.0 Å². The van der Waals surface area contributed by atoms with Gasteiger partial charge in [-0.15, -0.1) is 0 Å². The average molecular weight is 187 g/mol. The van der Waals surface area contributed by atoms with Gasteiger partial charge in [-0.2, -0.15) is 0 Å². The molecule has 3 N–H and O–H groups in total. The SMILES string of the molecule is NNc1nccc(-c2cccnc2)n1. The Morgan fingerprint density at radius 1 is 1.21 bits per heavy atom. The second kappa shape index (κ2) is 3.80. The zero-order chi connectivity index (χ0) is 9.80. The molecule has 0 spiro atoms. The fraction of sp³-hybridized carbons (Fsp3) is 0. The molecule has 2 aromatic rings. The van der Waals surface area contributed by atoms with Crippen LogP contribution in [0.4, 0.5) is 5.95 Å². The van der Waals surface area contributed by atoms with Gasteiger partial charge in [-0.1, -0.05) is 0 Å². The van der Waals surface area contributed by atoms with Gasteiger partial charge >= 0.3 is 0 Å². The average Bonchev–Trinajstić information content (AvgIpc) is 2.30. The van der Waals surface area contributed by atoms with Gasteiger partial charge in [0, 0.05) is 24.2 Å². The molecule has 5 heteroatoms. The molecule has 0 fully saturated rings. The Bertz CT molecular complexity index is 415. The van der Waals surface area contributed by atoms with Gasteiger partial charge in [-0.3, -0.25) is 10.4 Å². The summed E-state index contributed by atoms with van der Waals surface area (Å²) >= 11 is 0. The van der Waals surface area contributed by atoms with Gasteiger partial charge in [-0.05, 0) is 18.2 Å². The molecule has 0 bridgehead atoms. The van der Waals surface area contributed by atoms with Gasteiger partial charge in [0.1, 0.15) is 0 Å². The van der Waals surface area contributed by atoms with E-state index in [1.165, 1.54) is 0 Å². The molecule has 0 aliphatic carbocycles. The molecule has 0 radical (unpaired) electrons. The van der Waals surface area contributed by atoms with Gasteiger partial charge in [0.05, 0.1) is 5.69 Å². The van der Waals surface area contributed by atoms with E-state index in [2.05, 4.69) is 20.4 Å². The zero-order valence-electron chi connectivity index (χ0n) is 7.38. The number of nitrogens with zero attached hydrogens (tertiary/aromatic N) is 3. The highest BCUT2D eigenvalue weighted by molar-refractivity contribution is 5.58. The molecular formula is C9H9N5. The summed E-state index contributed by atoms with van der Waals surface area (Å²) in [5.74, 6) is 5.60. The van der Waals surface area contributed by atoms with Crippen LogP contribution in [-0.2, 0) is 0 Å². The van der Waals surface area contributed by atoms with Crippen LogP contribution in [0.5, 0.6) is 0 Å². The van der Waals surface area contributed by atoms with E-state index in [-0.39, 0.29) is 0 Å². The second-order valence-electron chi connectivity index (χ2n) is 2.65. The molecule has 0 aliphatic rings. The van der Waals surface area contributed by atoms with Gasteiger partial charge in [0.2, 0.25) is 5.95 Å². The third-order valence-corrected chi connectivity index (χ3v) is 1.74. The monoisotopic (exact) mass is 187 g/mol. The normalized spacial score (nSPS) is 9.79. The molecule has 0 unspecified atom stereocenters. The maximum Gasteiger partial charge on any atom is 0.237 e. The molecule has 0 saturated heterocycles. The minimum Gasteiger partial charge on any atom is -0.292 e. The largest absolute Gasteiger partial charge is 0.292 e. The smallest absolute Gasteiger partial charge is 0.237 e. The minimum absolute atomic E-state index is 0.395. The molecule has 0 aromatic carbocycles. The van der Waals surface area contributed by atoms with E-state index in [4.69, 9.17) is 5.84 Å². The quantitative estimate of drug-likeness (QED) is 0.537. The van der Waals surface area contributed by atoms with Crippen molar-refractivity contribution in [2.45, 2.75) is 0 Å². The highest BCUT2D eigenvalue weighted by Gasteiger charge is 1.99. The Balaban J connectivity index is 2.42. The summed E-state index contributed by atoms with van der Waals surface area (Å²) in [6.07, 6.45) is 5.10. The Morgan fingerprint density at radius 2 is 2.14 bits per heavy atom. The van der Waals surface area contributed by atoms with Crippen molar-refractivity contribution in [2.24, 2.45) is 5.84 Å². The van der Waals surface area contributed by atoms with Crippen LogP contribution in [0.3, 0.4) is 0 Å². The summed E-state index contributed by atoms with van der Waals surface area (Å²) in [5.41, 5.74) is 4.12. The van der Waals surface area contributed by atoms with Crippen molar-refractivity contribution >= 4 is 5.95 Å². The van der Waals surface area contributed by atoms with E-state index >= 15 is 0 Å². The number of hydrogen-bond donors (Lipinski definition) is 2. The Morgan fingerprint density at radius 3 is 2.86 bits per heavy atom. The van der Waals surface area contributed by atoms with Crippen LogP contribution in [0.25, 0.3) is 11.3 Å². The van der Waals surface area contributed by atoms with E-state index in [0.29, 0.717) is 5.95 Å². The van der Waals surface area contributed by atoms with Crippen molar-refractivity contribution < 1.29 is 0 Å². The van der Waals surface area contributed by atoms with E-state index in [9.17, 15) is 0 Å². The molecule has 0 atom stereocenters. The van der Waals surface area contributed by atoms with E-state index < -0.39 is 0 Å². The molecular weight excluding hydrogens is 178 g/mol. The second-order valence-corrected chi connectivity index (χ2v) is 2.65. The Kier molecular flexibility index (Phi) is 2.33. The van der Waals surface area contributed by atoms with Gasteiger partial charge < -0.3 is 0 Å². The number of nitrogen functional groups attached to an aromatic ring is 1. The van der Waals surface area contributed by atoms with Crippen LogP contribution < -0.4 is 11.3 Å². The molecule has 14 heavy (non-hydrogen) atoms. The number of nitrogens with one attached hydrogen (secondary N) is 1. The van der Waals surface area contributed by atoms with Crippen molar-refractivity contribution in [2.75, 3.05) is 5.43 Å². The van der Waals surface area contributed by atoms with Crippen LogP contribution in [0.1, 0.15) is 0 Å². The first-order chi connectivity index (χ1) is 6.90. The number of pyridine rings is 1. The molecule has 0 saturated carbocycles. The van der Waals surface area contributed by atoms with Crippen molar-refractivity contribution in [3.63, 3.8) is 0 Å². The summed E-state index contributed by atoms with van der Waals surface area (Å²) in [6, 6.07) is 5.58.